The smallest absolute Gasteiger partial charge is 0.193 e. The molecule has 0 bridgehead atoms. The Hall–Kier alpha value is -2.16. The highest BCUT2D eigenvalue weighted by molar-refractivity contribution is 7.13. The zero-order valence-corrected chi connectivity index (χ0v) is 18.9. The van der Waals surface area contributed by atoms with E-state index in [1.54, 1.807) is 25.6 Å². The highest BCUT2D eigenvalue weighted by Crippen LogP contribution is 2.25. The lowest BCUT2D eigenvalue weighted by Crippen LogP contribution is -2.46. The lowest BCUT2D eigenvalue weighted by molar-refractivity contribution is 0.00989. The third-order valence-electron chi connectivity index (χ3n) is 5.12. The number of ether oxygens (including phenoxy) is 3. The number of thiazole rings is 1. The summed E-state index contributed by atoms with van der Waals surface area (Å²) < 4.78 is 16.2. The van der Waals surface area contributed by atoms with Gasteiger partial charge in [-0.1, -0.05) is 0 Å². The summed E-state index contributed by atoms with van der Waals surface area (Å²) >= 11 is 1.65. The summed E-state index contributed by atoms with van der Waals surface area (Å²) in [6, 6.07) is 7.99. The molecule has 1 saturated heterocycles. The third-order valence-corrected chi connectivity index (χ3v) is 6.06. The van der Waals surface area contributed by atoms with Crippen LogP contribution in [-0.2, 0) is 16.0 Å². The molecule has 1 aliphatic heterocycles. The first kappa shape index (κ1) is 22.5. The van der Waals surface area contributed by atoms with E-state index >= 15 is 0 Å². The topological polar surface area (TPSA) is 68.2 Å². The van der Waals surface area contributed by atoms with E-state index in [1.807, 2.05) is 31.3 Å². The van der Waals surface area contributed by atoms with Crippen molar-refractivity contribution in [2.45, 2.75) is 31.9 Å². The molecule has 8 heteroatoms. The Morgan fingerprint density at radius 3 is 2.63 bits per heavy atom. The molecule has 7 nitrogen and oxygen atoms in total. The Bertz CT molecular complexity index is 786. The summed E-state index contributed by atoms with van der Waals surface area (Å²) in [7, 11) is 5.23. The van der Waals surface area contributed by atoms with E-state index < -0.39 is 0 Å². The number of methoxy groups -OCH3 is 2. The van der Waals surface area contributed by atoms with Crippen molar-refractivity contribution in [3.05, 3.63) is 35.3 Å². The van der Waals surface area contributed by atoms with E-state index in [1.165, 1.54) is 0 Å². The zero-order chi connectivity index (χ0) is 21.2. The van der Waals surface area contributed by atoms with Crippen LogP contribution in [0.5, 0.6) is 5.75 Å². The Morgan fingerprint density at radius 2 is 1.97 bits per heavy atom. The lowest BCUT2D eigenvalue weighted by Gasteiger charge is -2.34. The largest absolute Gasteiger partial charge is 0.497 e. The molecule has 0 saturated carbocycles. The predicted octanol–water partition coefficient (Wildman–Crippen LogP) is 3.41. The maximum absolute atomic E-state index is 5.95. The first-order valence-electron chi connectivity index (χ1n) is 10.4. The number of likely N-dealkylation sites (tertiary alicyclic amines) is 1. The number of hydrogen-bond donors (Lipinski definition) is 1. The van der Waals surface area contributed by atoms with Gasteiger partial charge in [-0.05, 0) is 43.5 Å². The van der Waals surface area contributed by atoms with Gasteiger partial charge in [-0.3, -0.25) is 4.99 Å². The van der Waals surface area contributed by atoms with Crippen LogP contribution in [0.25, 0.3) is 10.6 Å². The molecule has 0 unspecified atom stereocenters. The van der Waals surface area contributed by atoms with Gasteiger partial charge >= 0.3 is 0 Å². The van der Waals surface area contributed by atoms with E-state index in [-0.39, 0.29) is 0 Å². The Morgan fingerprint density at radius 1 is 1.20 bits per heavy atom. The van der Waals surface area contributed by atoms with E-state index in [0.717, 1.165) is 73.5 Å². The summed E-state index contributed by atoms with van der Waals surface area (Å²) in [5, 5.41) is 6.56. The van der Waals surface area contributed by atoms with Crippen LogP contribution in [0.15, 0.2) is 34.6 Å². The molecular formula is C22H32N4O3S. The second-order valence-electron chi connectivity index (χ2n) is 7.18. The van der Waals surface area contributed by atoms with Crippen LogP contribution in [0.4, 0.5) is 0 Å². The fourth-order valence-corrected chi connectivity index (χ4v) is 4.27. The second kappa shape index (κ2) is 11.9. The quantitative estimate of drug-likeness (QED) is 0.372. The summed E-state index contributed by atoms with van der Waals surface area (Å²) in [4.78, 5) is 11.5. The van der Waals surface area contributed by atoms with Crippen molar-refractivity contribution in [3.63, 3.8) is 0 Å². The number of guanidine groups is 1. The fraction of sp³-hybridized carbons (Fsp3) is 0.545. The minimum Gasteiger partial charge on any atom is -0.497 e. The van der Waals surface area contributed by atoms with Gasteiger partial charge in [-0.15, -0.1) is 11.3 Å². The SMILES string of the molecule is CN=C(NCc1csc(-c2ccc(OC)cc2)n1)N1CCC(OCCCOC)CC1. The predicted molar refractivity (Wildman–Crippen MR) is 121 cm³/mol. The Kier molecular flexibility index (Phi) is 8.92. The molecular weight excluding hydrogens is 400 g/mol. The third kappa shape index (κ3) is 6.42. The maximum Gasteiger partial charge on any atom is 0.193 e. The highest BCUT2D eigenvalue weighted by atomic mass is 32.1. The molecule has 164 valence electrons. The van der Waals surface area contributed by atoms with Crippen molar-refractivity contribution in [2.24, 2.45) is 4.99 Å². The van der Waals surface area contributed by atoms with Gasteiger partial charge in [0, 0.05) is 51.4 Å². The van der Waals surface area contributed by atoms with Crippen molar-refractivity contribution >= 4 is 17.3 Å². The molecule has 1 aromatic carbocycles. The minimum atomic E-state index is 0.335. The first-order chi connectivity index (χ1) is 14.7. The average molecular weight is 433 g/mol. The van der Waals surface area contributed by atoms with Crippen molar-refractivity contribution < 1.29 is 14.2 Å². The van der Waals surface area contributed by atoms with Crippen molar-refractivity contribution in [3.8, 4) is 16.3 Å². The molecule has 30 heavy (non-hydrogen) atoms. The van der Waals surface area contributed by atoms with Crippen LogP contribution in [0.2, 0.25) is 0 Å². The van der Waals surface area contributed by atoms with Crippen molar-refractivity contribution in [1.82, 2.24) is 15.2 Å². The monoisotopic (exact) mass is 432 g/mol. The van der Waals surface area contributed by atoms with Crippen LogP contribution >= 0.6 is 11.3 Å². The van der Waals surface area contributed by atoms with Gasteiger partial charge in [0.1, 0.15) is 10.8 Å². The van der Waals surface area contributed by atoms with Gasteiger partial charge < -0.3 is 24.4 Å². The van der Waals surface area contributed by atoms with Gasteiger partial charge in [-0.25, -0.2) is 4.98 Å². The Balaban J connectivity index is 1.45. The second-order valence-corrected chi connectivity index (χ2v) is 8.03. The maximum atomic E-state index is 5.95. The molecule has 1 aromatic heterocycles. The molecule has 1 aliphatic rings. The summed E-state index contributed by atoms with van der Waals surface area (Å²) in [5.41, 5.74) is 2.12. The van der Waals surface area contributed by atoms with Gasteiger partial charge in [0.05, 0.1) is 25.5 Å². The molecule has 2 heterocycles. The van der Waals surface area contributed by atoms with Gasteiger partial charge in [0.25, 0.3) is 0 Å². The van der Waals surface area contributed by atoms with Crippen molar-refractivity contribution in [2.75, 3.05) is 47.6 Å². The molecule has 0 amide bonds. The summed E-state index contributed by atoms with van der Waals surface area (Å²) in [5.74, 6) is 1.77. The number of aromatic nitrogens is 1. The van der Waals surface area contributed by atoms with Gasteiger partial charge in [0.15, 0.2) is 5.96 Å². The van der Waals surface area contributed by atoms with Crippen LogP contribution in [0.1, 0.15) is 25.0 Å². The molecule has 0 radical (unpaired) electrons. The molecule has 0 aliphatic carbocycles. The van der Waals surface area contributed by atoms with Crippen LogP contribution < -0.4 is 10.1 Å². The van der Waals surface area contributed by atoms with Gasteiger partial charge in [-0.2, -0.15) is 0 Å². The first-order valence-corrected chi connectivity index (χ1v) is 11.3. The minimum absolute atomic E-state index is 0.335. The van der Waals surface area contributed by atoms with Gasteiger partial charge in [0.2, 0.25) is 0 Å². The normalized spacial score (nSPS) is 15.4. The Labute approximate surface area is 183 Å². The number of aliphatic imine (C=N–C) groups is 1. The number of piperidine rings is 1. The van der Waals surface area contributed by atoms with Crippen LogP contribution in [0.3, 0.4) is 0 Å². The molecule has 0 atom stereocenters. The van der Waals surface area contributed by atoms with Crippen LogP contribution in [-0.4, -0.2) is 69.5 Å². The van der Waals surface area contributed by atoms with E-state index in [0.29, 0.717) is 12.6 Å². The number of benzene rings is 1. The lowest BCUT2D eigenvalue weighted by atomic mass is 10.1. The number of nitrogens with zero attached hydrogens (tertiary/aromatic N) is 3. The zero-order valence-electron chi connectivity index (χ0n) is 18.1. The molecule has 0 spiro atoms. The molecule has 2 aromatic rings. The van der Waals surface area contributed by atoms with E-state index in [2.05, 4.69) is 20.6 Å². The fourth-order valence-electron chi connectivity index (χ4n) is 3.44. The standard InChI is InChI=1S/C22H32N4O3S/c1-23-22(26-11-9-20(10-12-26)29-14-4-13-27-2)24-15-18-16-30-21(25-18)17-5-7-19(28-3)8-6-17/h5-8,16,20H,4,9-15H2,1-3H3,(H,23,24). The molecule has 1 N–H and O–H groups in total. The molecule has 1 fully saturated rings. The van der Waals surface area contributed by atoms with E-state index in [9.17, 15) is 0 Å². The summed E-state index contributed by atoms with van der Waals surface area (Å²) in [6.45, 7) is 4.08. The van der Waals surface area contributed by atoms with Crippen molar-refractivity contribution in [1.29, 1.82) is 0 Å². The average Bonchev–Trinajstić information content (AvgIpc) is 3.27. The number of nitrogens with one attached hydrogen (secondary N) is 1. The number of hydrogen-bond acceptors (Lipinski definition) is 6. The highest BCUT2D eigenvalue weighted by Gasteiger charge is 2.22. The number of rotatable bonds is 9. The van der Waals surface area contributed by atoms with Crippen LogP contribution in [0, 0.1) is 0 Å². The van der Waals surface area contributed by atoms with E-state index in [4.69, 9.17) is 19.2 Å². The summed E-state index contributed by atoms with van der Waals surface area (Å²) in [6.07, 6.45) is 3.33. The molecule has 3 rings (SSSR count).